The van der Waals surface area contributed by atoms with Gasteiger partial charge in [-0.2, -0.15) is 0 Å². The van der Waals surface area contributed by atoms with Gasteiger partial charge in [-0.15, -0.1) is 0 Å². The largest absolute Gasteiger partial charge is 0.481 e. The number of rotatable bonds is 18. The highest BCUT2D eigenvalue weighted by molar-refractivity contribution is 5.66. The maximum absolute atomic E-state index is 10.4. The summed E-state index contributed by atoms with van der Waals surface area (Å²) in [6.45, 7) is 2.27. The fraction of sp³-hybridized carbons (Fsp3) is 0.857. The van der Waals surface area contributed by atoms with Crippen molar-refractivity contribution in [3.63, 3.8) is 0 Å². The van der Waals surface area contributed by atoms with E-state index >= 15 is 0 Å². The Hall–Kier alpha value is -0.790. The first-order valence-electron chi connectivity index (χ1n) is 10.1. The lowest BCUT2D eigenvalue weighted by Crippen LogP contribution is -1.93. The molecule has 1 N–H and O–H groups in total. The topological polar surface area (TPSA) is 37.3 Å². The monoisotopic (exact) mass is 324 g/mol. The van der Waals surface area contributed by atoms with Crippen LogP contribution < -0.4 is 0 Å². The standard InChI is InChI=1S/C21H40O2/c1-2-3-4-5-6-7-8-9-10-11-12-13-14-15-16-17-18-19-20-21(22)23/h11-12H,2-10,13-20H2,1H3,(H,22,23). The normalized spacial score (nSPS) is 11.3. The molecular weight excluding hydrogens is 284 g/mol. The van der Waals surface area contributed by atoms with Crippen molar-refractivity contribution in [3.05, 3.63) is 12.2 Å². The number of allylic oxidation sites excluding steroid dienone is 2. The lowest BCUT2D eigenvalue weighted by Gasteiger charge is -2.00. The van der Waals surface area contributed by atoms with Crippen molar-refractivity contribution < 1.29 is 9.90 Å². The van der Waals surface area contributed by atoms with Gasteiger partial charge < -0.3 is 5.11 Å². The minimum atomic E-state index is -0.661. The van der Waals surface area contributed by atoms with Crippen LogP contribution in [0.15, 0.2) is 12.2 Å². The Bertz CT molecular complexity index is 271. The molecule has 0 saturated heterocycles. The van der Waals surface area contributed by atoms with Gasteiger partial charge >= 0.3 is 5.97 Å². The Kier molecular flexibility index (Phi) is 18.6. The van der Waals surface area contributed by atoms with Crippen molar-refractivity contribution in [2.24, 2.45) is 0 Å². The lowest BCUT2D eigenvalue weighted by atomic mass is 10.1. The van der Waals surface area contributed by atoms with E-state index in [1.165, 1.54) is 89.9 Å². The zero-order valence-electron chi connectivity index (χ0n) is 15.5. The van der Waals surface area contributed by atoms with Gasteiger partial charge in [-0.3, -0.25) is 4.79 Å². The van der Waals surface area contributed by atoms with Crippen LogP contribution in [0.25, 0.3) is 0 Å². The molecule has 23 heavy (non-hydrogen) atoms. The Morgan fingerprint density at radius 1 is 0.652 bits per heavy atom. The van der Waals surface area contributed by atoms with Crippen LogP contribution in [0, 0.1) is 0 Å². The lowest BCUT2D eigenvalue weighted by molar-refractivity contribution is -0.137. The van der Waals surface area contributed by atoms with Crippen LogP contribution in [0.5, 0.6) is 0 Å². The highest BCUT2D eigenvalue weighted by atomic mass is 16.4. The summed E-state index contributed by atoms with van der Waals surface area (Å²) in [6, 6.07) is 0. The molecule has 0 aromatic heterocycles. The second-order valence-corrected chi connectivity index (χ2v) is 6.79. The molecule has 136 valence electrons. The molecule has 2 nitrogen and oxygen atoms in total. The van der Waals surface area contributed by atoms with Gasteiger partial charge in [0.2, 0.25) is 0 Å². The molecule has 0 heterocycles. The van der Waals surface area contributed by atoms with Gasteiger partial charge in [0.25, 0.3) is 0 Å². The third kappa shape index (κ3) is 21.2. The summed E-state index contributed by atoms with van der Waals surface area (Å²) in [5.74, 6) is -0.661. The quantitative estimate of drug-likeness (QED) is 0.212. The third-order valence-electron chi connectivity index (χ3n) is 4.40. The van der Waals surface area contributed by atoms with E-state index in [0.717, 1.165) is 12.8 Å². The number of hydrogen-bond acceptors (Lipinski definition) is 1. The molecule has 0 fully saturated rings. The van der Waals surface area contributed by atoms with Crippen molar-refractivity contribution in [1.82, 2.24) is 0 Å². The van der Waals surface area contributed by atoms with E-state index in [4.69, 9.17) is 5.11 Å². The number of aliphatic carboxylic acids is 1. The summed E-state index contributed by atoms with van der Waals surface area (Å²) in [4.78, 5) is 10.4. The van der Waals surface area contributed by atoms with Crippen LogP contribution in [-0.4, -0.2) is 11.1 Å². The van der Waals surface area contributed by atoms with Crippen LogP contribution in [0.2, 0.25) is 0 Å². The second-order valence-electron chi connectivity index (χ2n) is 6.79. The Labute approximate surface area is 144 Å². The molecule has 0 aromatic carbocycles. The van der Waals surface area contributed by atoms with Gasteiger partial charge in [-0.05, 0) is 32.1 Å². The number of unbranched alkanes of at least 4 members (excludes halogenated alkanes) is 14. The molecule has 0 bridgehead atoms. The van der Waals surface area contributed by atoms with Gasteiger partial charge in [0.05, 0.1) is 0 Å². The Balaban J connectivity index is 3.07. The molecule has 0 radical (unpaired) electrons. The second kappa shape index (κ2) is 19.3. The van der Waals surface area contributed by atoms with Crippen molar-refractivity contribution in [2.45, 2.75) is 116 Å². The van der Waals surface area contributed by atoms with E-state index in [9.17, 15) is 4.79 Å². The van der Waals surface area contributed by atoms with Gasteiger partial charge in [0, 0.05) is 6.42 Å². The number of carbonyl (C=O) groups is 1. The van der Waals surface area contributed by atoms with E-state index in [1.807, 2.05) is 0 Å². The minimum Gasteiger partial charge on any atom is -0.481 e. The molecule has 0 aliphatic rings. The van der Waals surface area contributed by atoms with Crippen molar-refractivity contribution in [2.75, 3.05) is 0 Å². The molecule has 2 heteroatoms. The highest BCUT2D eigenvalue weighted by Gasteiger charge is 1.96. The van der Waals surface area contributed by atoms with E-state index in [2.05, 4.69) is 19.1 Å². The van der Waals surface area contributed by atoms with Crippen LogP contribution in [0.1, 0.15) is 116 Å². The predicted octanol–water partition coefficient (Wildman–Crippen LogP) is 7.28. The molecule has 0 saturated carbocycles. The number of hydrogen-bond donors (Lipinski definition) is 1. The average Bonchev–Trinajstić information content (AvgIpc) is 2.53. The van der Waals surface area contributed by atoms with Crippen LogP contribution in [0.3, 0.4) is 0 Å². The molecule has 0 rings (SSSR count). The number of carboxylic acid groups (broad SMARTS) is 1. The zero-order chi connectivity index (χ0) is 17.0. The SMILES string of the molecule is CCCCCCCCCCC=CCCCCCCCCC(=O)O. The first-order chi connectivity index (χ1) is 11.3. The number of carboxylic acids is 1. The molecule has 0 unspecified atom stereocenters. The fourth-order valence-corrected chi connectivity index (χ4v) is 2.88. The molecule has 0 atom stereocenters. The van der Waals surface area contributed by atoms with E-state index in [0.29, 0.717) is 6.42 Å². The van der Waals surface area contributed by atoms with Gasteiger partial charge in [0.1, 0.15) is 0 Å². The summed E-state index contributed by atoms with van der Waals surface area (Å²) in [6.07, 6.45) is 25.7. The van der Waals surface area contributed by atoms with Gasteiger partial charge in [0.15, 0.2) is 0 Å². The maximum atomic E-state index is 10.4. The first-order valence-corrected chi connectivity index (χ1v) is 10.1. The molecule has 0 aliphatic heterocycles. The van der Waals surface area contributed by atoms with Gasteiger partial charge in [-0.25, -0.2) is 0 Å². The van der Waals surface area contributed by atoms with E-state index in [1.54, 1.807) is 0 Å². The molecule has 0 spiro atoms. The van der Waals surface area contributed by atoms with Crippen molar-refractivity contribution >= 4 is 5.97 Å². The molecule has 0 aromatic rings. The van der Waals surface area contributed by atoms with Crippen LogP contribution in [-0.2, 0) is 4.79 Å². The summed E-state index contributed by atoms with van der Waals surface area (Å²) in [7, 11) is 0. The fourth-order valence-electron chi connectivity index (χ4n) is 2.88. The van der Waals surface area contributed by atoms with Crippen molar-refractivity contribution in [3.8, 4) is 0 Å². The van der Waals surface area contributed by atoms with E-state index < -0.39 is 5.97 Å². The van der Waals surface area contributed by atoms with Crippen molar-refractivity contribution in [1.29, 1.82) is 0 Å². The highest BCUT2D eigenvalue weighted by Crippen LogP contribution is 2.11. The average molecular weight is 325 g/mol. The van der Waals surface area contributed by atoms with Gasteiger partial charge in [-0.1, -0.05) is 89.7 Å². The molecule has 0 amide bonds. The maximum Gasteiger partial charge on any atom is 0.303 e. The third-order valence-corrected chi connectivity index (χ3v) is 4.40. The van der Waals surface area contributed by atoms with E-state index in [-0.39, 0.29) is 0 Å². The predicted molar refractivity (Wildman–Crippen MR) is 101 cm³/mol. The smallest absolute Gasteiger partial charge is 0.303 e. The summed E-state index contributed by atoms with van der Waals surface area (Å²) in [5.41, 5.74) is 0. The zero-order valence-corrected chi connectivity index (χ0v) is 15.5. The minimum absolute atomic E-state index is 0.335. The Morgan fingerprint density at radius 3 is 1.48 bits per heavy atom. The summed E-state index contributed by atoms with van der Waals surface area (Å²) >= 11 is 0. The Morgan fingerprint density at radius 2 is 1.04 bits per heavy atom. The first kappa shape index (κ1) is 22.2. The summed E-state index contributed by atoms with van der Waals surface area (Å²) in [5, 5.41) is 8.54. The van der Waals surface area contributed by atoms with Crippen LogP contribution in [0.4, 0.5) is 0 Å². The van der Waals surface area contributed by atoms with Crippen LogP contribution >= 0.6 is 0 Å². The molecule has 0 aliphatic carbocycles. The molecular formula is C21H40O2. The summed E-state index contributed by atoms with van der Waals surface area (Å²) < 4.78 is 0.